The smallest absolute Gasteiger partial charge is 0.339 e. The molecule has 140 valence electrons. The molecule has 0 amide bonds. The van der Waals surface area contributed by atoms with Gasteiger partial charge in [0.2, 0.25) is 0 Å². The van der Waals surface area contributed by atoms with Crippen LogP contribution in [0.5, 0.6) is 5.75 Å². The van der Waals surface area contributed by atoms with Crippen LogP contribution in [0, 0.1) is 11.8 Å². The van der Waals surface area contributed by atoms with Gasteiger partial charge in [0, 0.05) is 10.9 Å². The van der Waals surface area contributed by atoms with Gasteiger partial charge in [0.05, 0.1) is 6.10 Å². The molecule has 0 unspecified atom stereocenters. The van der Waals surface area contributed by atoms with Crippen LogP contribution in [-0.2, 0) is 12.8 Å². The molecular weight excluding hydrogens is 354 g/mol. The van der Waals surface area contributed by atoms with E-state index in [1.165, 1.54) is 0 Å². The van der Waals surface area contributed by atoms with Gasteiger partial charge in [-0.1, -0.05) is 0 Å². The van der Waals surface area contributed by atoms with E-state index < -0.39 is 6.10 Å². The molecule has 1 aromatic heterocycles. The highest BCUT2D eigenvalue weighted by molar-refractivity contribution is 5.85. The van der Waals surface area contributed by atoms with E-state index in [4.69, 9.17) is 9.15 Å². The van der Waals surface area contributed by atoms with E-state index in [0.717, 1.165) is 67.5 Å². The number of hydrogen-bond donors (Lipinski definition) is 2. The van der Waals surface area contributed by atoms with Crippen LogP contribution in [0.2, 0.25) is 0 Å². The second-order valence-electron chi connectivity index (χ2n) is 7.73. The van der Waals surface area contributed by atoms with Crippen LogP contribution in [0.1, 0.15) is 30.4 Å². The summed E-state index contributed by atoms with van der Waals surface area (Å²) in [5.74, 6) is 1.92. The Morgan fingerprint density at radius 1 is 1.12 bits per heavy atom. The number of halogens is 1. The van der Waals surface area contributed by atoms with Crippen molar-refractivity contribution in [3.8, 4) is 5.75 Å². The minimum Gasteiger partial charge on any atom is -0.488 e. The molecule has 2 aromatic rings. The fourth-order valence-corrected chi connectivity index (χ4v) is 4.89. The average molecular weight is 378 g/mol. The van der Waals surface area contributed by atoms with Gasteiger partial charge >= 0.3 is 5.63 Å². The molecule has 6 heteroatoms. The maximum absolute atomic E-state index is 12.0. The maximum atomic E-state index is 12.0. The third kappa shape index (κ3) is 2.92. The Balaban J connectivity index is 0.00000168. The Bertz CT molecular complexity index is 880. The molecule has 0 spiro atoms. The zero-order chi connectivity index (χ0) is 17.0. The van der Waals surface area contributed by atoms with Gasteiger partial charge in [-0.2, -0.15) is 0 Å². The van der Waals surface area contributed by atoms with Gasteiger partial charge in [-0.25, -0.2) is 4.79 Å². The zero-order valence-corrected chi connectivity index (χ0v) is 15.4. The quantitative estimate of drug-likeness (QED) is 0.786. The van der Waals surface area contributed by atoms with E-state index in [1.54, 1.807) is 0 Å². The number of aliphatic hydroxyl groups is 1. The molecule has 1 saturated heterocycles. The second kappa shape index (κ2) is 6.87. The molecule has 2 fully saturated rings. The third-order valence-corrected chi connectivity index (χ3v) is 6.22. The molecule has 2 N–H and O–H groups in total. The van der Waals surface area contributed by atoms with Crippen molar-refractivity contribution >= 4 is 23.4 Å². The van der Waals surface area contributed by atoms with Crippen LogP contribution < -0.4 is 15.7 Å². The lowest BCUT2D eigenvalue weighted by Gasteiger charge is -2.35. The number of aryl methyl sites for hydroxylation is 1. The number of ether oxygens (including phenoxy) is 1. The summed E-state index contributed by atoms with van der Waals surface area (Å²) in [6, 6.07) is 5.65. The minimum absolute atomic E-state index is 0. The first kappa shape index (κ1) is 17.8. The summed E-state index contributed by atoms with van der Waals surface area (Å²) in [6.45, 7) is 2.03. The molecular formula is C20H24ClNO4. The van der Waals surface area contributed by atoms with Gasteiger partial charge in [0.25, 0.3) is 0 Å². The normalized spacial score (nSPS) is 29.9. The molecule has 0 bridgehead atoms. The van der Waals surface area contributed by atoms with Gasteiger partial charge in [0.15, 0.2) is 0 Å². The Morgan fingerprint density at radius 3 is 2.73 bits per heavy atom. The van der Waals surface area contributed by atoms with Gasteiger partial charge in [-0.3, -0.25) is 0 Å². The maximum Gasteiger partial charge on any atom is 0.339 e. The molecule has 4 atom stereocenters. The molecule has 5 nitrogen and oxygen atoms in total. The van der Waals surface area contributed by atoms with Crippen LogP contribution in [-0.4, -0.2) is 30.4 Å². The third-order valence-electron chi connectivity index (χ3n) is 6.22. The number of aliphatic hydroxyl groups excluding tert-OH is 1. The number of hydrogen-bond acceptors (Lipinski definition) is 5. The zero-order valence-electron chi connectivity index (χ0n) is 14.6. The summed E-state index contributed by atoms with van der Waals surface area (Å²) in [6.07, 6.45) is 3.83. The van der Waals surface area contributed by atoms with Crippen molar-refractivity contribution in [2.75, 3.05) is 13.1 Å². The van der Waals surface area contributed by atoms with Gasteiger partial charge in [-0.05, 0) is 80.8 Å². The first-order chi connectivity index (χ1) is 12.2. The van der Waals surface area contributed by atoms with Crippen molar-refractivity contribution in [2.24, 2.45) is 11.8 Å². The second-order valence-corrected chi connectivity index (χ2v) is 7.73. The summed E-state index contributed by atoms with van der Waals surface area (Å²) >= 11 is 0. The topological polar surface area (TPSA) is 71.7 Å². The molecule has 3 aliphatic rings. The molecule has 2 aliphatic carbocycles. The highest BCUT2D eigenvalue weighted by Gasteiger charge is 2.39. The lowest BCUT2D eigenvalue weighted by Crippen LogP contribution is -2.42. The highest BCUT2D eigenvalue weighted by atomic mass is 35.5. The van der Waals surface area contributed by atoms with Crippen LogP contribution in [0.3, 0.4) is 0 Å². The Labute approximate surface area is 158 Å². The molecule has 1 saturated carbocycles. The number of fused-ring (bicyclic) bond motifs is 4. The van der Waals surface area contributed by atoms with Crippen LogP contribution in [0.25, 0.3) is 11.0 Å². The van der Waals surface area contributed by atoms with Crippen LogP contribution in [0.15, 0.2) is 27.4 Å². The van der Waals surface area contributed by atoms with E-state index >= 15 is 0 Å². The molecule has 1 aromatic carbocycles. The van der Waals surface area contributed by atoms with Crippen LogP contribution in [0.4, 0.5) is 0 Å². The highest BCUT2D eigenvalue weighted by Crippen LogP contribution is 2.36. The number of rotatable bonds is 2. The van der Waals surface area contributed by atoms with Crippen molar-refractivity contribution in [2.45, 2.75) is 44.3 Å². The summed E-state index contributed by atoms with van der Waals surface area (Å²) in [5, 5.41) is 14.9. The minimum atomic E-state index is -0.420. The fraction of sp³-hybridized carbons (Fsp3) is 0.550. The van der Waals surface area contributed by atoms with Crippen molar-refractivity contribution < 1.29 is 14.3 Å². The molecule has 0 radical (unpaired) electrons. The predicted octanol–water partition coefficient (Wildman–Crippen LogP) is 2.44. The Morgan fingerprint density at radius 2 is 1.88 bits per heavy atom. The van der Waals surface area contributed by atoms with Gasteiger partial charge < -0.3 is 19.6 Å². The number of nitrogens with one attached hydrogen (secondary N) is 1. The Hall–Kier alpha value is -1.56. The van der Waals surface area contributed by atoms with E-state index in [0.29, 0.717) is 17.4 Å². The lowest BCUT2D eigenvalue weighted by molar-refractivity contribution is -0.0231. The summed E-state index contributed by atoms with van der Waals surface area (Å²) in [7, 11) is 0. The molecule has 2 heterocycles. The molecule has 26 heavy (non-hydrogen) atoms. The molecule has 1 aliphatic heterocycles. The van der Waals surface area contributed by atoms with E-state index in [1.807, 2.05) is 18.2 Å². The lowest BCUT2D eigenvalue weighted by atomic mass is 9.78. The van der Waals surface area contributed by atoms with Gasteiger partial charge in [-0.15, -0.1) is 12.4 Å². The number of benzene rings is 1. The Kier molecular flexibility index (Phi) is 4.71. The van der Waals surface area contributed by atoms with E-state index in [2.05, 4.69) is 5.32 Å². The van der Waals surface area contributed by atoms with Crippen LogP contribution >= 0.6 is 12.4 Å². The summed E-state index contributed by atoms with van der Waals surface area (Å²) in [4.78, 5) is 12.0. The van der Waals surface area contributed by atoms with Crippen molar-refractivity contribution in [1.82, 2.24) is 5.32 Å². The van der Waals surface area contributed by atoms with E-state index in [-0.39, 0.29) is 24.1 Å². The first-order valence-electron chi connectivity index (χ1n) is 9.33. The monoisotopic (exact) mass is 377 g/mol. The van der Waals surface area contributed by atoms with Crippen molar-refractivity contribution in [3.05, 3.63) is 39.7 Å². The first-order valence-corrected chi connectivity index (χ1v) is 9.33. The SMILES string of the molecule is Cl.O=c1oc2ccc(O[C@@H]3C[C@@H]4CNC[C@@H]4C[C@H]3O)cc2c2c1CCC2. The summed E-state index contributed by atoms with van der Waals surface area (Å²) in [5.41, 5.74) is 2.36. The fourth-order valence-electron chi connectivity index (χ4n) is 4.89. The van der Waals surface area contributed by atoms with Crippen molar-refractivity contribution in [1.29, 1.82) is 0 Å². The van der Waals surface area contributed by atoms with Crippen molar-refractivity contribution in [3.63, 3.8) is 0 Å². The van der Waals surface area contributed by atoms with Gasteiger partial charge in [0.1, 0.15) is 17.4 Å². The largest absolute Gasteiger partial charge is 0.488 e. The molecule has 5 rings (SSSR count). The predicted molar refractivity (Wildman–Crippen MR) is 101 cm³/mol. The van der Waals surface area contributed by atoms with E-state index in [9.17, 15) is 9.90 Å². The summed E-state index contributed by atoms with van der Waals surface area (Å²) < 4.78 is 11.6. The standard InChI is InChI=1S/C20H23NO4.ClH/c22-17-6-11-9-21-10-12(11)7-19(17)24-13-4-5-18-16(8-13)14-2-1-3-15(14)20(23)25-18;/h4-5,8,11-12,17,19,21-22H,1-3,6-7,9-10H2;1H/t11-,12+,17+,19+;/m0./s1. The average Bonchev–Trinajstić information content (AvgIpc) is 3.25.